The molecule has 0 atom stereocenters. The van der Waals surface area contributed by atoms with E-state index in [1.807, 2.05) is 0 Å². The Morgan fingerprint density at radius 1 is 1.21 bits per heavy atom. The molecule has 8 heteroatoms. The van der Waals surface area contributed by atoms with Gasteiger partial charge in [0, 0.05) is 12.1 Å². The van der Waals surface area contributed by atoms with Crippen LogP contribution in [0.4, 0.5) is 0 Å². The maximum Gasteiger partial charge on any atom is 0.239 e. The molecule has 0 radical (unpaired) electrons. The first-order chi connectivity index (χ1) is 6.25. The van der Waals surface area contributed by atoms with Gasteiger partial charge in [0.05, 0.1) is 4.90 Å². The standard InChI is InChI=1S/C6H4Br3NO3S/c7-6(8,9)14(12,13)5-1-3-10(11)4-2-5/h1-4H. The molecule has 0 saturated heterocycles. The van der Waals surface area contributed by atoms with Crippen LogP contribution in [0.15, 0.2) is 29.4 Å². The lowest BCUT2D eigenvalue weighted by Crippen LogP contribution is -2.25. The number of sulfone groups is 1. The second kappa shape index (κ2) is 4.07. The van der Waals surface area contributed by atoms with Crippen molar-refractivity contribution >= 4 is 57.6 Å². The highest BCUT2D eigenvalue weighted by Crippen LogP contribution is 2.42. The predicted molar refractivity (Wildman–Crippen MR) is 62.1 cm³/mol. The van der Waals surface area contributed by atoms with Crippen molar-refractivity contribution in [2.75, 3.05) is 0 Å². The van der Waals surface area contributed by atoms with Crippen molar-refractivity contribution in [1.29, 1.82) is 0 Å². The minimum Gasteiger partial charge on any atom is -0.619 e. The van der Waals surface area contributed by atoms with Gasteiger partial charge in [-0.3, -0.25) is 0 Å². The second-order valence-electron chi connectivity index (χ2n) is 2.34. The van der Waals surface area contributed by atoms with E-state index in [0.717, 1.165) is 12.4 Å². The van der Waals surface area contributed by atoms with E-state index in [0.29, 0.717) is 4.73 Å². The molecule has 0 aromatic carbocycles. The Morgan fingerprint density at radius 3 is 2.00 bits per heavy atom. The van der Waals surface area contributed by atoms with Crippen LogP contribution in [0.5, 0.6) is 0 Å². The van der Waals surface area contributed by atoms with Crippen LogP contribution >= 0.6 is 47.8 Å². The highest BCUT2D eigenvalue weighted by Gasteiger charge is 2.37. The monoisotopic (exact) mass is 407 g/mol. The van der Waals surface area contributed by atoms with E-state index in [1.54, 1.807) is 0 Å². The Hall–Kier alpha value is 0.340. The van der Waals surface area contributed by atoms with Crippen molar-refractivity contribution in [3.8, 4) is 0 Å². The van der Waals surface area contributed by atoms with Crippen LogP contribution in [0.1, 0.15) is 0 Å². The Labute approximate surface area is 106 Å². The molecule has 14 heavy (non-hydrogen) atoms. The molecule has 1 heterocycles. The number of alkyl halides is 3. The number of halogens is 3. The molecular weight excluding hydrogens is 406 g/mol. The first-order valence-corrected chi connectivity index (χ1v) is 7.11. The van der Waals surface area contributed by atoms with E-state index in [4.69, 9.17) is 0 Å². The van der Waals surface area contributed by atoms with Gasteiger partial charge in [-0.25, -0.2) is 8.42 Å². The fourth-order valence-corrected chi connectivity index (χ4v) is 3.14. The van der Waals surface area contributed by atoms with Gasteiger partial charge < -0.3 is 5.21 Å². The quantitative estimate of drug-likeness (QED) is 0.404. The zero-order chi connectivity index (χ0) is 11.0. The number of hydrogen-bond donors (Lipinski definition) is 0. The molecule has 0 amide bonds. The summed E-state index contributed by atoms with van der Waals surface area (Å²) < 4.78 is 22.5. The van der Waals surface area contributed by atoms with Crippen LogP contribution in [-0.4, -0.2) is 9.89 Å². The number of hydrogen-bond acceptors (Lipinski definition) is 3. The summed E-state index contributed by atoms with van der Waals surface area (Å²) in [5.41, 5.74) is 0. The van der Waals surface area contributed by atoms with Crippen molar-refractivity contribution in [2.45, 2.75) is 6.37 Å². The third-order valence-electron chi connectivity index (χ3n) is 1.39. The highest BCUT2D eigenvalue weighted by molar-refractivity contribution is 9.42. The summed E-state index contributed by atoms with van der Waals surface area (Å²) in [5, 5.41) is 10.7. The number of nitrogens with zero attached hydrogens (tertiary/aromatic N) is 1. The molecule has 1 rings (SSSR count). The van der Waals surface area contributed by atoms with Gasteiger partial charge in [0.2, 0.25) is 11.3 Å². The van der Waals surface area contributed by atoms with Crippen LogP contribution in [-0.2, 0) is 9.84 Å². The third-order valence-corrected chi connectivity index (χ3v) is 6.72. The zero-order valence-electron chi connectivity index (χ0n) is 6.52. The van der Waals surface area contributed by atoms with E-state index in [9.17, 15) is 13.6 Å². The Bertz CT molecular complexity index is 423. The van der Waals surface area contributed by atoms with Crippen molar-refractivity contribution in [3.05, 3.63) is 29.7 Å². The van der Waals surface area contributed by atoms with Crippen molar-refractivity contribution in [2.24, 2.45) is 0 Å². The van der Waals surface area contributed by atoms with Gasteiger partial charge in [-0.2, -0.15) is 4.73 Å². The van der Waals surface area contributed by atoms with E-state index >= 15 is 0 Å². The summed E-state index contributed by atoms with van der Waals surface area (Å²) in [4.78, 5) is 0.0372. The lowest BCUT2D eigenvalue weighted by Gasteiger charge is -2.12. The van der Waals surface area contributed by atoms with Gasteiger partial charge >= 0.3 is 0 Å². The first kappa shape index (κ1) is 12.4. The lowest BCUT2D eigenvalue weighted by molar-refractivity contribution is -0.605. The van der Waals surface area contributed by atoms with E-state index in [2.05, 4.69) is 47.8 Å². The van der Waals surface area contributed by atoms with Gasteiger partial charge in [0.15, 0.2) is 12.4 Å². The topological polar surface area (TPSA) is 61.1 Å². The molecule has 0 bridgehead atoms. The van der Waals surface area contributed by atoms with Crippen LogP contribution < -0.4 is 4.73 Å². The number of pyridine rings is 1. The normalized spacial score (nSPS) is 12.8. The first-order valence-electron chi connectivity index (χ1n) is 3.25. The maximum absolute atomic E-state index is 11.7. The van der Waals surface area contributed by atoms with Crippen LogP contribution in [0.3, 0.4) is 0 Å². The molecule has 1 aromatic rings. The maximum atomic E-state index is 11.7. The summed E-state index contributed by atoms with van der Waals surface area (Å²) in [5.74, 6) is 0. The third kappa shape index (κ3) is 2.47. The molecule has 0 aliphatic heterocycles. The molecule has 78 valence electrons. The molecule has 0 fully saturated rings. The van der Waals surface area contributed by atoms with Crippen molar-refractivity contribution < 1.29 is 13.1 Å². The van der Waals surface area contributed by atoms with E-state index in [1.165, 1.54) is 12.1 Å². The van der Waals surface area contributed by atoms with E-state index < -0.39 is 11.3 Å². The summed E-state index contributed by atoms with van der Waals surface area (Å²) in [6.45, 7) is 0. The van der Waals surface area contributed by atoms with Gasteiger partial charge in [-0.05, 0) is 47.8 Å². The Kier molecular flexibility index (Phi) is 3.61. The Balaban J connectivity index is 3.25. The smallest absolute Gasteiger partial charge is 0.239 e. The van der Waals surface area contributed by atoms with Gasteiger partial charge in [0.1, 0.15) is 0 Å². The van der Waals surface area contributed by atoms with Crippen molar-refractivity contribution in [3.63, 3.8) is 0 Å². The minimum atomic E-state index is -3.60. The van der Waals surface area contributed by atoms with Gasteiger partial charge in [-0.1, -0.05) is 0 Å². The largest absolute Gasteiger partial charge is 0.619 e. The van der Waals surface area contributed by atoms with Crippen LogP contribution in [0.2, 0.25) is 0 Å². The highest BCUT2D eigenvalue weighted by atomic mass is 80.0. The average molecular weight is 410 g/mol. The molecule has 0 aliphatic carbocycles. The Morgan fingerprint density at radius 2 is 1.64 bits per heavy atom. The molecular formula is C6H4Br3NO3S. The molecule has 0 saturated carbocycles. The number of rotatable bonds is 1. The lowest BCUT2D eigenvalue weighted by atomic mass is 10.5. The molecule has 0 unspecified atom stereocenters. The number of aromatic nitrogens is 1. The molecule has 0 N–H and O–H groups in total. The van der Waals surface area contributed by atoms with Crippen molar-refractivity contribution in [1.82, 2.24) is 0 Å². The SMILES string of the molecule is O=S(=O)(c1cc[n+]([O-])cc1)C(Br)(Br)Br. The molecule has 0 aliphatic rings. The fourth-order valence-electron chi connectivity index (χ4n) is 0.712. The van der Waals surface area contributed by atoms with Crippen LogP contribution in [0, 0.1) is 5.21 Å². The van der Waals surface area contributed by atoms with Gasteiger partial charge in [0.25, 0.3) is 0 Å². The second-order valence-corrected chi connectivity index (χ2v) is 12.8. The molecule has 1 aromatic heterocycles. The van der Waals surface area contributed by atoms with Gasteiger partial charge in [-0.15, -0.1) is 0 Å². The summed E-state index contributed by atoms with van der Waals surface area (Å²) in [6.07, 6.45) is 2.23. The minimum absolute atomic E-state index is 0.0372. The zero-order valence-corrected chi connectivity index (χ0v) is 12.1. The molecule has 0 spiro atoms. The van der Waals surface area contributed by atoms with Crippen LogP contribution in [0.25, 0.3) is 0 Å². The fraction of sp³-hybridized carbons (Fsp3) is 0.167. The predicted octanol–water partition coefficient (Wildman–Crippen LogP) is 1.89. The average Bonchev–Trinajstić information content (AvgIpc) is 2.03. The molecule has 4 nitrogen and oxygen atoms in total. The summed E-state index contributed by atoms with van der Waals surface area (Å²) in [6, 6.07) is 2.45. The summed E-state index contributed by atoms with van der Waals surface area (Å²) >= 11 is 8.75. The summed E-state index contributed by atoms with van der Waals surface area (Å²) in [7, 11) is -3.60. The van der Waals surface area contributed by atoms with E-state index in [-0.39, 0.29) is 4.90 Å².